The van der Waals surface area contributed by atoms with Gasteiger partial charge in [-0.1, -0.05) is 25.7 Å². The number of carbonyl (C=O) groups is 2. The summed E-state index contributed by atoms with van der Waals surface area (Å²) < 4.78 is 4.79. The zero-order valence-corrected chi connectivity index (χ0v) is 11.7. The number of hydrogen-bond acceptors (Lipinski definition) is 3. The van der Waals surface area contributed by atoms with Gasteiger partial charge in [-0.3, -0.25) is 9.59 Å². The van der Waals surface area contributed by atoms with Gasteiger partial charge in [-0.2, -0.15) is 0 Å². The maximum absolute atomic E-state index is 12.1. The van der Waals surface area contributed by atoms with Gasteiger partial charge in [0.05, 0.1) is 6.04 Å². The molecule has 1 heterocycles. The number of likely N-dealkylation sites (tertiary alicyclic amines) is 1. The van der Waals surface area contributed by atoms with E-state index in [9.17, 15) is 9.59 Å². The number of amides is 2. The molecule has 108 valence electrons. The molecule has 2 aliphatic rings. The molecule has 1 aliphatic carbocycles. The minimum absolute atomic E-state index is 0.0431. The third kappa shape index (κ3) is 3.93. The fourth-order valence-electron chi connectivity index (χ4n) is 3.15. The van der Waals surface area contributed by atoms with Crippen molar-refractivity contribution in [2.24, 2.45) is 0 Å². The van der Waals surface area contributed by atoms with Gasteiger partial charge in [0.2, 0.25) is 11.8 Å². The molecule has 1 N–H and O–H groups in total. The lowest BCUT2D eigenvalue weighted by Gasteiger charge is -2.27. The molecule has 0 aromatic carbocycles. The molecule has 2 amide bonds. The van der Waals surface area contributed by atoms with Gasteiger partial charge in [0.15, 0.2) is 0 Å². The van der Waals surface area contributed by atoms with Crippen molar-refractivity contribution in [1.82, 2.24) is 10.2 Å². The van der Waals surface area contributed by atoms with Crippen molar-refractivity contribution in [3.63, 3.8) is 0 Å². The van der Waals surface area contributed by atoms with Crippen LogP contribution < -0.4 is 5.32 Å². The van der Waals surface area contributed by atoms with E-state index in [2.05, 4.69) is 5.32 Å². The van der Waals surface area contributed by atoms with Gasteiger partial charge in [0, 0.05) is 26.1 Å². The molecule has 2 fully saturated rings. The molecule has 0 aromatic rings. The van der Waals surface area contributed by atoms with E-state index in [1.807, 2.05) is 4.90 Å². The van der Waals surface area contributed by atoms with Crippen LogP contribution in [0.3, 0.4) is 0 Å². The average Bonchev–Trinajstić information content (AvgIpc) is 2.60. The number of rotatable bonds is 4. The third-order valence-electron chi connectivity index (χ3n) is 4.06. The van der Waals surface area contributed by atoms with Crippen LogP contribution in [0.15, 0.2) is 0 Å². The van der Waals surface area contributed by atoms with Gasteiger partial charge in [0.25, 0.3) is 0 Å². The fourth-order valence-corrected chi connectivity index (χ4v) is 3.15. The molecular weight excluding hydrogens is 244 g/mol. The molecule has 5 heteroatoms. The zero-order chi connectivity index (χ0) is 13.7. The summed E-state index contributed by atoms with van der Waals surface area (Å²) in [6.45, 7) is 0.729. The second-order valence-corrected chi connectivity index (χ2v) is 5.59. The van der Waals surface area contributed by atoms with Gasteiger partial charge in [-0.25, -0.2) is 0 Å². The van der Waals surface area contributed by atoms with E-state index in [-0.39, 0.29) is 24.5 Å². The summed E-state index contributed by atoms with van der Waals surface area (Å²) in [5, 5.41) is 2.87. The Bertz CT molecular complexity index is 325. The standard InChI is InChI=1S/C14H24N2O3/c1-19-10-13(17)15-11-8-14(18)16(9-11)12-6-4-2-3-5-7-12/h11-12H,2-10H2,1H3,(H,15,17). The van der Waals surface area contributed by atoms with Crippen LogP contribution in [0.1, 0.15) is 44.9 Å². The first kappa shape index (κ1) is 14.3. The van der Waals surface area contributed by atoms with Crippen LogP contribution >= 0.6 is 0 Å². The molecule has 19 heavy (non-hydrogen) atoms. The van der Waals surface area contributed by atoms with Crippen LogP contribution in [0.25, 0.3) is 0 Å². The van der Waals surface area contributed by atoms with Crippen LogP contribution in [-0.4, -0.2) is 49.1 Å². The normalized spacial score (nSPS) is 25.4. The highest BCUT2D eigenvalue weighted by atomic mass is 16.5. The monoisotopic (exact) mass is 268 g/mol. The summed E-state index contributed by atoms with van der Waals surface area (Å²) in [6.07, 6.45) is 7.67. The van der Waals surface area contributed by atoms with E-state index in [1.54, 1.807) is 0 Å². The van der Waals surface area contributed by atoms with E-state index >= 15 is 0 Å². The number of hydrogen-bond donors (Lipinski definition) is 1. The van der Waals surface area contributed by atoms with Crippen LogP contribution in [-0.2, 0) is 14.3 Å². The van der Waals surface area contributed by atoms with Crippen molar-refractivity contribution < 1.29 is 14.3 Å². The Balaban J connectivity index is 1.86. The number of nitrogens with one attached hydrogen (secondary N) is 1. The topological polar surface area (TPSA) is 58.6 Å². The molecule has 5 nitrogen and oxygen atoms in total. The highest BCUT2D eigenvalue weighted by Gasteiger charge is 2.34. The average molecular weight is 268 g/mol. The highest BCUT2D eigenvalue weighted by Crippen LogP contribution is 2.25. The number of ether oxygens (including phenoxy) is 1. The van der Waals surface area contributed by atoms with Crippen molar-refractivity contribution in [1.29, 1.82) is 0 Å². The first-order chi connectivity index (χ1) is 9.20. The molecule has 1 saturated heterocycles. The van der Waals surface area contributed by atoms with E-state index in [0.717, 1.165) is 12.8 Å². The van der Waals surface area contributed by atoms with Crippen LogP contribution in [0.2, 0.25) is 0 Å². The first-order valence-electron chi connectivity index (χ1n) is 7.28. The molecule has 0 bridgehead atoms. The maximum atomic E-state index is 12.1. The first-order valence-corrected chi connectivity index (χ1v) is 7.28. The minimum Gasteiger partial charge on any atom is -0.375 e. The lowest BCUT2D eigenvalue weighted by atomic mass is 10.1. The zero-order valence-electron chi connectivity index (χ0n) is 11.7. The highest BCUT2D eigenvalue weighted by molar-refractivity contribution is 5.82. The van der Waals surface area contributed by atoms with Crippen molar-refractivity contribution in [3.05, 3.63) is 0 Å². The predicted molar refractivity (Wildman–Crippen MR) is 71.6 cm³/mol. The molecule has 0 radical (unpaired) electrons. The number of carbonyl (C=O) groups excluding carboxylic acids is 2. The number of methoxy groups -OCH3 is 1. The van der Waals surface area contributed by atoms with Gasteiger partial charge >= 0.3 is 0 Å². The van der Waals surface area contributed by atoms with E-state index in [1.165, 1.54) is 32.8 Å². The Morgan fingerprint density at radius 3 is 2.63 bits per heavy atom. The lowest BCUT2D eigenvalue weighted by Crippen LogP contribution is -2.41. The van der Waals surface area contributed by atoms with Crippen LogP contribution in [0.4, 0.5) is 0 Å². The third-order valence-corrected chi connectivity index (χ3v) is 4.06. The summed E-state index contributed by atoms with van der Waals surface area (Å²) in [5.74, 6) is 0.0534. The summed E-state index contributed by atoms with van der Waals surface area (Å²) >= 11 is 0. The molecular formula is C14H24N2O3. The van der Waals surface area contributed by atoms with Crippen LogP contribution in [0, 0.1) is 0 Å². The SMILES string of the molecule is COCC(=O)NC1CC(=O)N(C2CCCCCC2)C1. The van der Waals surface area contributed by atoms with Crippen molar-refractivity contribution in [2.75, 3.05) is 20.3 Å². The second-order valence-electron chi connectivity index (χ2n) is 5.59. The summed E-state index contributed by atoms with van der Waals surface area (Å²) in [6, 6.07) is 0.345. The van der Waals surface area contributed by atoms with Gasteiger partial charge in [-0.15, -0.1) is 0 Å². The molecule has 2 rings (SSSR count). The Hall–Kier alpha value is -1.10. The van der Waals surface area contributed by atoms with Gasteiger partial charge in [-0.05, 0) is 12.8 Å². The Morgan fingerprint density at radius 2 is 2.00 bits per heavy atom. The van der Waals surface area contributed by atoms with Crippen molar-refractivity contribution >= 4 is 11.8 Å². The lowest BCUT2D eigenvalue weighted by molar-refractivity contribution is -0.129. The van der Waals surface area contributed by atoms with Crippen molar-refractivity contribution in [3.8, 4) is 0 Å². The maximum Gasteiger partial charge on any atom is 0.246 e. The molecule has 1 atom stereocenters. The predicted octanol–water partition coefficient (Wildman–Crippen LogP) is 1.07. The number of nitrogens with zero attached hydrogens (tertiary/aromatic N) is 1. The Kier molecular flexibility index (Phi) is 5.19. The smallest absolute Gasteiger partial charge is 0.246 e. The molecule has 0 aromatic heterocycles. The van der Waals surface area contributed by atoms with Gasteiger partial charge in [0.1, 0.15) is 6.61 Å². The Morgan fingerprint density at radius 1 is 1.32 bits per heavy atom. The van der Waals surface area contributed by atoms with Crippen molar-refractivity contribution in [2.45, 2.75) is 57.0 Å². The van der Waals surface area contributed by atoms with E-state index in [0.29, 0.717) is 19.0 Å². The molecule has 0 spiro atoms. The molecule has 1 saturated carbocycles. The summed E-state index contributed by atoms with van der Waals surface area (Å²) in [5.41, 5.74) is 0. The molecule has 1 unspecified atom stereocenters. The summed E-state index contributed by atoms with van der Waals surface area (Å²) in [4.78, 5) is 25.5. The van der Waals surface area contributed by atoms with Gasteiger partial charge < -0.3 is 15.0 Å². The fraction of sp³-hybridized carbons (Fsp3) is 0.857. The molecule has 1 aliphatic heterocycles. The van der Waals surface area contributed by atoms with E-state index < -0.39 is 0 Å². The second kappa shape index (κ2) is 6.89. The summed E-state index contributed by atoms with van der Waals surface area (Å²) in [7, 11) is 1.50. The quantitative estimate of drug-likeness (QED) is 0.776. The minimum atomic E-state index is -0.136. The largest absolute Gasteiger partial charge is 0.375 e. The van der Waals surface area contributed by atoms with E-state index in [4.69, 9.17) is 4.74 Å². The Labute approximate surface area is 114 Å². The van der Waals surface area contributed by atoms with Crippen LogP contribution in [0.5, 0.6) is 0 Å².